The Labute approximate surface area is 492 Å². The summed E-state index contributed by atoms with van der Waals surface area (Å²) >= 11 is 0. The predicted molar refractivity (Wildman–Crippen MR) is 311 cm³/mol. The van der Waals surface area contributed by atoms with Crippen molar-refractivity contribution in [2.24, 2.45) is 10.9 Å². The largest absolute Gasteiger partial charge is 0.493 e. The van der Waals surface area contributed by atoms with Crippen LogP contribution in [0.25, 0.3) is 0 Å². The lowest BCUT2D eigenvalue weighted by atomic mass is 10.0. The molecule has 5 atom stereocenters. The van der Waals surface area contributed by atoms with Crippen molar-refractivity contribution in [3.05, 3.63) is 106 Å². The number of benzene rings is 3. The van der Waals surface area contributed by atoms with Crippen molar-refractivity contribution in [3.8, 4) is 17.2 Å². The van der Waals surface area contributed by atoms with Crippen LogP contribution in [0.1, 0.15) is 111 Å². The maximum Gasteiger partial charge on any atom is 0.416 e. The molecule has 0 bridgehead atoms. The zero-order valence-corrected chi connectivity index (χ0v) is 48.8. The Hall–Kier alpha value is -8.90. The van der Waals surface area contributed by atoms with Crippen molar-refractivity contribution in [2.75, 3.05) is 56.8 Å². The molecule has 85 heavy (non-hydrogen) atoms. The Morgan fingerprint density at radius 3 is 2.12 bits per heavy atom. The highest BCUT2D eigenvalue weighted by Crippen LogP contribution is 2.41. The van der Waals surface area contributed by atoms with Gasteiger partial charge in [0.05, 0.1) is 68.1 Å². The molecule has 0 aliphatic carbocycles. The number of amides is 9. The number of fused-ring (bicyclic) bond motifs is 4. The van der Waals surface area contributed by atoms with Crippen LogP contribution in [0, 0.1) is 12.8 Å². The fraction of sp³-hybridized carbons (Fsp3) is 0.443. The van der Waals surface area contributed by atoms with Crippen LogP contribution >= 0.6 is 0 Å². The van der Waals surface area contributed by atoms with E-state index >= 15 is 0 Å². The van der Waals surface area contributed by atoms with Gasteiger partial charge in [-0.3, -0.25) is 48.2 Å². The number of hydrogen-bond donors (Lipinski definition) is 5. The predicted octanol–water partition coefficient (Wildman–Crippen LogP) is 5.48. The quantitative estimate of drug-likeness (QED) is 0.0491. The molecule has 9 amide bonds. The van der Waals surface area contributed by atoms with Crippen LogP contribution in [0.3, 0.4) is 0 Å². The van der Waals surface area contributed by atoms with Crippen LogP contribution in [0.2, 0.25) is 0 Å². The van der Waals surface area contributed by atoms with Crippen molar-refractivity contribution in [2.45, 2.75) is 123 Å². The first-order chi connectivity index (χ1) is 40.7. The first-order valence-corrected chi connectivity index (χ1v) is 28.4. The molecule has 0 fully saturated rings. The van der Waals surface area contributed by atoms with E-state index in [2.05, 4.69) is 26.3 Å². The van der Waals surface area contributed by atoms with Crippen LogP contribution in [-0.2, 0) is 44.8 Å². The standard InChI is InChI=1S/C61H73N9O15/c1-35(2)55(66-52(72)18-23-82-24-19-62-51(71)17-20-67-53(73)15-16-54(67)74)57(76)64-39(6)56(75)65-41-13-11-40(12-14-41)34-85-61(80)70-46-30-48(38(5)27-44(46)59(78)69-33-37(4)26-47(69)60(70)79)83-21-9-8-10-22-84-50-29-45-43(28-49(50)81-7)58(77)68-32-36(3)25-42(68)31-63-45/h11-16,27-33,35,39,42,47,55,60,79H,8-10,17-26,34H2,1-7H3,(H,62,71)(H,64,76)(H,65,75)(H,66,72)/t39-,42-,47-,55-,60?/m0/s1. The number of ether oxygens (including phenoxy) is 5. The molecule has 5 N–H and O–H groups in total. The molecule has 5 heterocycles. The molecule has 0 aromatic heterocycles. The molecular weight excluding hydrogens is 1100 g/mol. The average Bonchev–Trinajstić information content (AvgIpc) is 4.34. The highest BCUT2D eigenvalue weighted by molar-refractivity contribution is 6.13. The normalized spacial score (nSPS) is 18.3. The van der Waals surface area contributed by atoms with Crippen LogP contribution in [0.5, 0.6) is 17.2 Å². The van der Waals surface area contributed by atoms with E-state index in [1.807, 2.05) is 20.0 Å². The van der Waals surface area contributed by atoms with Gasteiger partial charge in [-0.25, -0.2) is 9.69 Å². The summed E-state index contributed by atoms with van der Waals surface area (Å²) in [6, 6.07) is 10.2. The summed E-state index contributed by atoms with van der Waals surface area (Å²) in [5, 5.41) is 22.6. The van der Waals surface area contributed by atoms with Crippen molar-refractivity contribution in [1.29, 1.82) is 0 Å². The van der Waals surface area contributed by atoms with Gasteiger partial charge in [0.1, 0.15) is 24.4 Å². The molecule has 5 aliphatic rings. The second-order valence-corrected chi connectivity index (χ2v) is 21.8. The number of imide groups is 1. The Morgan fingerprint density at radius 1 is 0.729 bits per heavy atom. The van der Waals surface area contributed by atoms with Crippen molar-refractivity contribution >= 4 is 76.6 Å². The molecule has 0 radical (unpaired) electrons. The summed E-state index contributed by atoms with van der Waals surface area (Å²) in [4.78, 5) is 126. The number of hydrogen-bond acceptors (Lipinski definition) is 16. The second kappa shape index (κ2) is 28.1. The van der Waals surface area contributed by atoms with Gasteiger partial charge in [-0.05, 0) is 101 Å². The minimum Gasteiger partial charge on any atom is -0.493 e. The molecule has 24 heteroatoms. The number of nitrogens with zero attached hydrogens (tertiary/aromatic N) is 5. The van der Waals surface area contributed by atoms with E-state index < -0.39 is 65.9 Å². The average molecular weight is 1170 g/mol. The number of carbonyl (C=O) groups is 9. The third-order valence-electron chi connectivity index (χ3n) is 14.9. The number of anilines is 2. The fourth-order valence-corrected chi connectivity index (χ4v) is 10.2. The van der Waals surface area contributed by atoms with E-state index in [-0.39, 0.29) is 80.8 Å². The number of carbonyl (C=O) groups excluding carboxylic acids is 9. The lowest BCUT2D eigenvalue weighted by molar-refractivity contribution is -0.137. The molecule has 24 nitrogen and oxygen atoms in total. The van der Waals surface area contributed by atoms with Crippen LogP contribution in [0.15, 0.2) is 89.2 Å². The number of aliphatic hydroxyl groups is 1. The maximum atomic E-state index is 14.2. The van der Waals surface area contributed by atoms with Crippen molar-refractivity contribution in [3.63, 3.8) is 0 Å². The second-order valence-electron chi connectivity index (χ2n) is 21.8. The van der Waals surface area contributed by atoms with E-state index in [1.165, 1.54) is 18.9 Å². The summed E-state index contributed by atoms with van der Waals surface area (Å²) in [7, 11) is 1.53. The SMILES string of the molecule is COc1cc2c(cc1OCCCCCOc1cc3c(cc1C)C(=O)N1C=C(C)C[C@H]1C(O)N3C(=O)OCc1ccc(NC(=O)[C@H](C)NC(=O)[C@@H](NC(=O)CCOCCNC(=O)CCN3C(=O)C=CC3=O)C(C)C)cc1)N=C[C@@H]1CC(C)=CN1C2=O. The monoisotopic (exact) mass is 1170 g/mol. The zero-order valence-electron chi connectivity index (χ0n) is 48.8. The van der Waals surface area contributed by atoms with Gasteiger partial charge in [-0.1, -0.05) is 37.1 Å². The molecule has 452 valence electrons. The van der Waals surface area contributed by atoms with Gasteiger partial charge in [0, 0.05) is 74.5 Å². The number of methoxy groups -OCH3 is 1. The van der Waals surface area contributed by atoms with E-state index in [0.717, 1.165) is 45.9 Å². The van der Waals surface area contributed by atoms with Gasteiger partial charge in [-0.2, -0.15) is 0 Å². The van der Waals surface area contributed by atoms with E-state index in [4.69, 9.17) is 23.7 Å². The molecule has 0 spiro atoms. The highest BCUT2D eigenvalue weighted by Gasteiger charge is 2.45. The fourth-order valence-electron chi connectivity index (χ4n) is 10.2. The van der Waals surface area contributed by atoms with Gasteiger partial charge in [0.2, 0.25) is 23.6 Å². The Bertz CT molecular complexity index is 3190. The Morgan fingerprint density at radius 2 is 1.41 bits per heavy atom. The molecule has 0 saturated carbocycles. The molecular formula is C61H73N9O15. The van der Waals surface area contributed by atoms with Crippen LogP contribution in [-0.4, -0.2) is 156 Å². The van der Waals surface area contributed by atoms with Gasteiger partial charge >= 0.3 is 6.09 Å². The number of unbranched alkanes of at least 4 members (excludes halogenated alkanes) is 2. The molecule has 3 aromatic rings. The third kappa shape index (κ3) is 15.3. The smallest absolute Gasteiger partial charge is 0.416 e. The Kier molecular flexibility index (Phi) is 20.6. The van der Waals surface area contributed by atoms with Crippen molar-refractivity contribution < 1.29 is 71.9 Å². The molecule has 8 rings (SSSR count). The van der Waals surface area contributed by atoms with Crippen molar-refractivity contribution in [1.82, 2.24) is 30.7 Å². The van der Waals surface area contributed by atoms with Gasteiger partial charge < -0.3 is 59.9 Å². The van der Waals surface area contributed by atoms with E-state index in [1.54, 1.807) is 86.6 Å². The zero-order chi connectivity index (χ0) is 61.1. The summed E-state index contributed by atoms with van der Waals surface area (Å²) in [6.07, 6.45) is 8.18. The summed E-state index contributed by atoms with van der Waals surface area (Å²) in [6.45, 7) is 11.2. The highest BCUT2D eigenvalue weighted by atomic mass is 16.6. The van der Waals surface area contributed by atoms with Crippen LogP contribution in [0.4, 0.5) is 21.9 Å². The maximum absolute atomic E-state index is 14.2. The number of aliphatic hydroxyl groups excluding tert-OH is 1. The minimum absolute atomic E-state index is 0.00109. The Balaban J connectivity index is 0.788. The molecule has 3 aromatic carbocycles. The van der Waals surface area contributed by atoms with Gasteiger partial charge in [0.25, 0.3) is 23.6 Å². The van der Waals surface area contributed by atoms with E-state index in [9.17, 15) is 48.3 Å². The third-order valence-corrected chi connectivity index (χ3v) is 14.9. The number of aryl methyl sites for hydroxylation is 1. The topological polar surface area (TPSA) is 293 Å². The van der Waals surface area contributed by atoms with Gasteiger partial charge in [0.15, 0.2) is 17.7 Å². The molecule has 1 unspecified atom stereocenters. The molecule has 0 saturated heterocycles. The number of aliphatic imine (C=N–C) groups is 1. The molecule has 5 aliphatic heterocycles. The first kappa shape index (κ1) is 62.2. The van der Waals surface area contributed by atoms with Crippen LogP contribution < -0.4 is 40.4 Å². The lowest BCUT2D eigenvalue weighted by Crippen LogP contribution is -2.53. The minimum atomic E-state index is -1.49. The number of rotatable bonds is 26. The van der Waals surface area contributed by atoms with Gasteiger partial charge in [-0.15, -0.1) is 0 Å². The number of nitrogens with one attached hydrogen (secondary N) is 4. The summed E-state index contributed by atoms with van der Waals surface area (Å²) in [5.74, 6) is -2.45. The first-order valence-electron chi connectivity index (χ1n) is 28.4. The summed E-state index contributed by atoms with van der Waals surface area (Å²) < 4.78 is 29.2. The summed E-state index contributed by atoms with van der Waals surface area (Å²) in [5.41, 5.74) is 4.79. The van der Waals surface area contributed by atoms with E-state index in [0.29, 0.717) is 77.8 Å². The lowest BCUT2D eigenvalue weighted by Gasteiger charge is -2.31.